The Morgan fingerprint density at radius 3 is 2.66 bits per heavy atom. The average Bonchev–Trinajstić information content (AvgIpc) is 3.21. The van der Waals surface area contributed by atoms with Crippen molar-refractivity contribution in [1.29, 1.82) is 0 Å². The van der Waals surface area contributed by atoms with Crippen LogP contribution in [0.15, 0.2) is 60.7 Å². The maximum atomic E-state index is 13.2. The number of hydrogen-bond acceptors (Lipinski definition) is 4. The number of anilines is 1. The Morgan fingerprint density at radius 1 is 1.14 bits per heavy atom. The molecule has 1 N–H and O–H groups in total. The molecule has 3 atom stereocenters. The lowest BCUT2D eigenvalue weighted by molar-refractivity contribution is -0.140. The van der Waals surface area contributed by atoms with Crippen molar-refractivity contribution in [1.82, 2.24) is 0 Å². The minimum atomic E-state index is -1.04. The quantitative estimate of drug-likeness (QED) is 0.764. The fraction of sp³-hybridized carbons (Fsp3) is 0.304. The van der Waals surface area contributed by atoms with E-state index < -0.39 is 18.1 Å². The zero-order valence-corrected chi connectivity index (χ0v) is 16.2. The molecule has 6 heteroatoms. The molecule has 0 unspecified atom stereocenters. The number of para-hydroxylation sites is 1. The van der Waals surface area contributed by atoms with Crippen LogP contribution >= 0.6 is 0 Å². The Hall–Kier alpha value is -3.28. The zero-order valence-electron chi connectivity index (χ0n) is 16.2. The Balaban J connectivity index is 1.74. The van der Waals surface area contributed by atoms with Crippen molar-refractivity contribution in [2.24, 2.45) is 5.92 Å². The lowest BCUT2D eigenvalue weighted by atomic mass is 9.78. The number of carbonyl (C=O) groups excluding carboxylic acids is 1. The number of rotatable bonds is 5. The smallest absolute Gasteiger partial charge is 0.415 e. The number of benzene rings is 2. The van der Waals surface area contributed by atoms with Crippen molar-refractivity contribution in [3.63, 3.8) is 0 Å². The van der Waals surface area contributed by atoms with Crippen LogP contribution in [0.3, 0.4) is 0 Å². The molecule has 2 aromatic rings. The predicted octanol–water partition coefficient (Wildman–Crippen LogP) is 4.36. The first-order valence-electron chi connectivity index (χ1n) is 9.77. The SMILES string of the molecule is CCOc1cccc2c1N(C(=O)OCc1ccccc1)[C@H](C(=O)O)[C@@H]1CC=C[C@H]21. The highest BCUT2D eigenvalue weighted by Gasteiger charge is 2.49. The van der Waals surface area contributed by atoms with Gasteiger partial charge in [-0.3, -0.25) is 4.90 Å². The highest BCUT2D eigenvalue weighted by molar-refractivity contribution is 5.99. The van der Waals surface area contributed by atoms with Crippen LogP contribution in [-0.2, 0) is 16.1 Å². The molecule has 6 nitrogen and oxygen atoms in total. The minimum absolute atomic E-state index is 0.0651. The molecule has 150 valence electrons. The predicted molar refractivity (Wildman–Crippen MR) is 108 cm³/mol. The molecule has 0 saturated carbocycles. The maximum absolute atomic E-state index is 13.2. The van der Waals surface area contributed by atoms with Gasteiger partial charge in [-0.15, -0.1) is 0 Å². The highest BCUT2D eigenvalue weighted by Crippen LogP contribution is 2.51. The van der Waals surface area contributed by atoms with Crippen LogP contribution < -0.4 is 9.64 Å². The second kappa shape index (κ2) is 7.99. The molecule has 1 heterocycles. The Labute approximate surface area is 169 Å². The monoisotopic (exact) mass is 393 g/mol. The first-order valence-corrected chi connectivity index (χ1v) is 9.77. The molecule has 29 heavy (non-hydrogen) atoms. The lowest BCUT2D eigenvalue weighted by Crippen LogP contribution is -2.53. The highest BCUT2D eigenvalue weighted by atomic mass is 16.6. The molecule has 0 saturated heterocycles. The van der Waals surface area contributed by atoms with E-state index in [1.54, 1.807) is 6.07 Å². The van der Waals surface area contributed by atoms with Crippen LogP contribution in [0, 0.1) is 5.92 Å². The van der Waals surface area contributed by atoms with Gasteiger partial charge in [0.05, 0.1) is 12.3 Å². The summed E-state index contributed by atoms with van der Waals surface area (Å²) in [5.41, 5.74) is 2.22. The molecule has 1 amide bonds. The van der Waals surface area contributed by atoms with E-state index in [2.05, 4.69) is 0 Å². The molecule has 1 aliphatic heterocycles. The Morgan fingerprint density at radius 2 is 1.93 bits per heavy atom. The number of hydrogen-bond donors (Lipinski definition) is 1. The van der Waals surface area contributed by atoms with Gasteiger partial charge in [0, 0.05) is 11.8 Å². The average molecular weight is 393 g/mol. The first-order chi connectivity index (χ1) is 14.1. The van der Waals surface area contributed by atoms with Crippen molar-refractivity contribution >= 4 is 17.7 Å². The number of aliphatic carboxylic acids is 1. The summed E-state index contributed by atoms with van der Waals surface area (Å²) in [6, 6.07) is 13.9. The summed E-state index contributed by atoms with van der Waals surface area (Å²) in [5.74, 6) is -0.852. The third-order valence-corrected chi connectivity index (χ3v) is 5.48. The van der Waals surface area contributed by atoms with E-state index in [9.17, 15) is 14.7 Å². The molecule has 0 bridgehead atoms. The van der Waals surface area contributed by atoms with Crippen molar-refractivity contribution in [2.75, 3.05) is 11.5 Å². The molecule has 0 aromatic heterocycles. The van der Waals surface area contributed by atoms with Crippen molar-refractivity contribution in [3.8, 4) is 5.75 Å². The molecular weight excluding hydrogens is 370 g/mol. The van der Waals surface area contributed by atoms with Gasteiger partial charge >= 0.3 is 12.1 Å². The molecule has 1 aliphatic carbocycles. The molecule has 4 rings (SSSR count). The van der Waals surface area contributed by atoms with Crippen LogP contribution in [-0.4, -0.2) is 29.8 Å². The van der Waals surface area contributed by atoms with Gasteiger partial charge in [-0.05, 0) is 30.5 Å². The first kappa shape index (κ1) is 19.1. The van der Waals surface area contributed by atoms with E-state index in [0.717, 1.165) is 11.1 Å². The van der Waals surface area contributed by atoms with Crippen LogP contribution in [0.2, 0.25) is 0 Å². The van der Waals surface area contributed by atoms with Gasteiger partial charge in [0.1, 0.15) is 18.4 Å². The van der Waals surface area contributed by atoms with Crippen LogP contribution in [0.1, 0.15) is 30.4 Å². The number of fused-ring (bicyclic) bond motifs is 3. The minimum Gasteiger partial charge on any atom is -0.492 e. The van der Waals surface area contributed by atoms with E-state index in [1.165, 1.54) is 4.90 Å². The van der Waals surface area contributed by atoms with Gasteiger partial charge in [0.15, 0.2) is 0 Å². The number of carbonyl (C=O) groups is 2. The van der Waals surface area contributed by atoms with Crippen molar-refractivity contribution in [3.05, 3.63) is 71.8 Å². The number of ether oxygens (including phenoxy) is 2. The van der Waals surface area contributed by atoms with Crippen LogP contribution in [0.25, 0.3) is 0 Å². The normalized spacial score (nSPS) is 22.0. The number of nitrogens with zero attached hydrogens (tertiary/aromatic N) is 1. The molecular formula is C23H23NO5. The molecule has 0 fully saturated rings. The Bertz CT molecular complexity index is 940. The van der Waals surface area contributed by atoms with Gasteiger partial charge in [-0.1, -0.05) is 54.6 Å². The number of carboxylic acids is 1. The summed E-state index contributed by atoms with van der Waals surface area (Å²) in [5, 5.41) is 10.0. The number of amides is 1. The molecule has 0 radical (unpaired) electrons. The summed E-state index contributed by atoms with van der Waals surface area (Å²) in [6.45, 7) is 2.33. The summed E-state index contributed by atoms with van der Waals surface area (Å²) >= 11 is 0. The fourth-order valence-electron chi connectivity index (χ4n) is 4.29. The lowest BCUT2D eigenvalue weighted by Gasteiger charge is -2.41. The van der Waals surface area contributed by atoms with Gasteiger partial charge in [0.25, 0.3) is 0 Å². The topological polar surface area (TPSA) is 76.1 Å². The van der Waals surface area contributed by atoms with Gasteiger partial charge in [0.2, 0.25) is 0 Å². The second-order valence-corrected chi connectivity index (χ2v) is 7.17. The fourth-order valence-corrected chi connectivity index (χ4v) is 4.29. The number of carboxylic acid groups (broad SMARTS) is 1. The van der Waals surface area contributed by atoms with Crippen LogP contribution in [0.5, 0.6) is 5.75 Å². The van der Waals surface area contributed by atoms with E-state index in [-0.39, 0.29) is 18.4 Å². The molecule has 2 aromatic carbocycles. The zero-order chi connectivity index (χ0) is 20.4. The summed E-state index contributed by atoms with van der Waals surface area (Å²) < 4.78 is 11.3. The van der Waals surface area contributed by atoms with E-state index in [0.29, 0.717) is 24.5 Å². The largest absolute Gasteiger partial charge is 0.492 e. The summed E-state index contributed by atoms with van der Waals surface area (Å²) in [4.78, 5) is 26.7. The summed E-state index contributed by atoms with van der Waals surface area (Å²) in [6.07, 6.45) is 3.94. The summed E-state index contributed by atoms with van der Waals surface area (Å²) in [7, 11) is 0. The second-order valence-electron chi connectivity index (χ2n) is 7.17. The Kier molecular flexibility index (Phi) is 5.25. The molecule has 2 aliphatic rings. The van der Waals surface area contributed by atoms with Crippen molar-refractivity contribution in [2.45, 2.75) is 31.9 Å². The number of allylic oxidation sites excluding steroid dienone is 2. The third kappa shape index (κ3) is 3.46. The maximum Gasteiger partial charge on any atom is 0.415 e. The van der Waals surface area contributed by atoms with Gasteiger partial charge in [-0.2, -0.15) is 0 Å². The van der Waals surface area contributed by atoms with E-state index in [4.69, 9.17) is 9.47 Å². The van der Waals surface area contributed by atoms with Crippen LogP contribution in [0.4, 0.5) is 10.5 Å². The van der Waals surface area contributed by atoms with Gasteiger partial charge in [-0.25, -0.2) is 9.59 Å². The standard InChI is InChI=1S/C23H23NO5/c1-2-28-19-13-7-12-17-16-10-6-11-18(16)21(22(25)26)24(20(17)19)23(27)29-14-15-8-4-3-5-9-15/h3-10,12-13,16,18,21H,2,11,14H2,1H3,(H,25,26)/t16-,18-,21+/m1/s1. The third-order valence-electron chi connectivity index (χ3n) is 5.48. The van der Waals surface area contributed by atoms with Gasteiger partial charge < -0.3 is 14.6 Å². The van der Waals surface area contributed by atoms with E-state index >= 15 is 0 Å². The van der Waals surface area contributed by atoms with Crippen molar-refractivity contribution < 1.29 is 24.2 Å². The van der Waals surface area contributed by atoms with E-state index in [1.807, 2.05) is 61.5 Å². The molecule has 0 spiro atoms.